The Kier molecular flexibility index (Phi) is 4.20. The van der Waals surface area contributed by atoms with Gasteiger partial charge in [0.15, 0.2) is 0 Å². The molecule has 2 aromatic rings. The van der Waals surface area contributed by atoms with Gasteiger partial charge in [-0.15, -0.1) is 0 Å². The highest BCUT2D eigenvalue weighted by molar-refractivity contribution is 5.60. The first kappa shape index (κ1) is 12.4. The summed E-state index contributed by atoms with van der Waals surface area (Å²) in [5.41, 5.74) is 7.47. The minimum absolute atomic E-state index is 0.679. The molecule has 0 bridgehead atoms. The number of nitrogens with two attached hydrogens (primary N) is 1. The molecule has 0 saturated heterocycles. The van der Waals surface area contributed by atoms with E-state index in [-0.39, 0.29) is 0 Å². The van der Waals surface area contributed by atoms with Crippen LogP contribution < -0.4 is 10.6 Å². The Balaban J connectivity index is 2.10. The Bertz CT molecular complexity index is 469. The van der Waals surface area contributed by atoms with Crippen LogP contribution >= 0.6 is 0 Å². The number of hydrogen-bond acceptors (Lipinski definition) is 5. The molecule has 0 fully saturated rings. The second-order valence-electron chi connectivity index (χ2n) is 4.08. The predicted octanol–water partition coefficient (Wildman–Crippen LogP) is 1.32. The van der Waals surface area contributed by atoms with Crippen LogP contribution in [0.3, 0.4) is 0 Å². The number of pyridine rings is 1. The van der Waals surface area contributed by atoms with Crippen molar-refractivity contribution in [2.45, 2.75) is 6.42 Å². The lowest BCUT2D eigenvalue weighted by molar-refractivity contribution is 0.775. The van der Waals surface area contributed by atoms with Gasteiger partial charge in [-0.25, -0.2) is 9.97 Å². The SMILES string of the molecule is CN(CCCN)c1ncc(-c2cccnc2)cn1. The first-order valence-electron chi connectivity index (χ1n) is 5.95. The van der Waals surface area contributed by atoms with Crippen molar-refractivity contribution in [2.75, 3.05) is 25.0 Å². The van der Waals surface area contributed by atoms with E-state index >= 15 is 0 Å². The zero-order chi connectivity index (χ0) is 12.8. The van der Waals surface area contributed by atoms with Crippen LogP contribution in [-0.2, 0) is 0 Å². The summed E-state index contributed by atoms with van der Waals surface area (Å²) in [5, 5.41) is 0. The molecular weight excluding hydrogens is 226 g/mol. The fourth-order valence-corrected chi connectivity index (χ4v) is 1.63. The molecule has 0 spiro atoms. The van der Waals surface area contributed by atoms with Gasteiger partial charge in [0, 0.05) is 49.5 Å². The predicted molar refractivity (Wildman–Crippen MR) is 72.2 cm³/mol. The van der Waals surface area contributed by atoms with E-state index in [0.717, 1.165) is 30.0 Å². The quantitative estimate of drug-likeness (QED) is 0.858. The van der Waals surface area contributed by atoms with E-state index < -0.39 is 0 Å². The third kappa shape index (κ3) is 3.01. The van der Waals surface area contributed by atoms with E-state index in [1.807, 2.05) is 36.5 Å². The number of hydrogen-bond donors (Lipinski definition) is 1. The number of rotatable bonds is 5. The van der Waals surface area contributed by atoms with Gasteiger partial charge in [0.05, 0.1) is 0 Å². The molecule has 0 aliphatic heterocycles. The second-order valence-corrected chi connectivity index (χ2v) is 4.08. The Hall–Kier alpha value is -2.01. The molecule has 0 unspecified atom stereocenters. The van der Waals surface area contributed by atoms with Gasteiger partial charge in [0.2, 0.25) is 5.95 Å². The Morgan fingerprint density at radius 1 is 1.17 bits per heavy atom. The molecule has 0 radical (unpaired) electrons. The number of aromatic nitrogens is 3. The molecule has 0 amide bonds. The van der Waals surface area contributed by atoms with Crippen LogP contribution in [0.5, 0.6) is 0 Å². The van der Waals surface area contributed by atoms with Gasteiger partial charge in [-0.1, -0.05) is 6.07 Å². The van der Waals surface area contributed by atoms with Crippen molar-refractivity contribution in [3.8, 4) is 11.1 Å². The number of anilines is 1. The molecule has 0 aromatic carbocycles. The summed E-state index contributed by atoms with van der Waals surface area (Å²) in [6, 6.07) is 3.89. The summed E-state index contributed by atoms with van der Waals surface area (Å²) in [6.45, 7) is 1.54. The van der Waals surface area contributed by atoms with Gasteiger partial charge in [-0.05, 0) is 19.0 Å². The Labute approximate surface area is 107 Å². The average Bonchev–Trinajstić information content (AvgIpc) is 2.46. The van der Waals surface area contributed by atoms with E-state index in [9.17, 15) is 0 Å². The maximum Gasteiger partial charge on any atom is 0.225 e. The van der Waals surface area contributed by atoms with Crippen molar-refractivity contribution in [3.05, 3.63) is 36.9 Å². The first-order chi connectivity index (χ1) is 8.81. The molecule has 0 aliphatic rings. The van der Waals surface area contributed by atoms with E-state index in [4.69, 9.17) is 5.73 Å². The van der Waals surface area contributed by atoms with Gasteiger partial charge in [0.25, 0.3) is 0 Å². The normalized spacial score (nSPS) is 10.3. The maximum absolute atomic E-state index is 5.48. The first-order valence-corrected chi connectivity index (χ1v) is 5.95. The summed E-state index contributed by atoms with van der Waals surface area (Å²) in [5.74, 6) is 0.719. The van der Waals surface area contributed by atoms with Crippen LogP contribution in [0.4, 0.5) is 5.95 Å². The molecule has 5 nitrogen and oxygen atoms in total. The minimum Gasteiger partial charge on any atom is -0.344 e. The lowest BCUT2D eigenvalue weighted by Gasteiger charge is -2.16. The van der Waals surface area contributed by atoms with Gasteiger partial charge in [0.1, 0.15) is 0 Å². The zero-order valence-corrected chi connectivity index (χ0v) is 10.5. The van der Waals surface area contributed by atoms with Gasteiger partial charge in [-0.3, -0.25) is 4.98 Å². The van der Waals surface area contributed by atoms with Gasteiger partial charge >= 0.3 is 0 Å². The lowest BCUT2D eigenvalue weighted by atomic mass is 10.2. The molecule has 0 atom stereocenters. The Morgan fingerprint density at radius 2 is 1.94 bits per heavy atom. The molecule has 94 valence electrons. The lowest BCUT2D eigenvalue weighted by Crippen LogP contribution is -2.22. The largest absolute Gasteiger partial charge is 0.344 e. The van der Waals surface area contributed by atoms with E-state index in [2.05, 4.69) is 15.0 Å². The highest BCUT2D eigenvalue weighted by atomic mass is 15.2. The van der Waals surface area contributed by atoms with Gasteiger partial charge < -0.3 is 10.6 Å². The van der Waals surface area contributed by atoms with E-state index in [1.54, 1.807) is 12.4 Å². The summed E-state index contributed by atoms with van der Waals surface area (Å²) < 4.78 is 0. The second kappa shape index (κ2) is 6.07. The zero-order valence-electron chi connectivity index (χ0n) is 10.5. The maximum atomic E-state index is 5.48. The van der Waals surface area contributed by atoms with Crippen LogP contribution in [-0.4, -0.2) is 35.1 Å². The summed E-state index contributed by atoms with van der Waals surface area (Å²) in [4.78, 5) is 14.8. The van der Waals surface area contributed by atoms with Crippen molar-refractivity contribution in [1.29, 1.82) is 0 Å². The Morgan fingerprint density at radius 3 is 2.56 bits per heavy atom. The van der Waals surface area contributed by atoms with Crippen molar-refractivity contribution < 1.29 is 0 Å². The molecule has 18 heavy (non-hydrogen) atoms. The molecule has 2 N–H and O–H groups in total. The fraction of sp³-hybridized carbons (Fsp3) is 0.308. The highest BCUT2D eigenvalue weighted by Crippen LogP contribution is 2.17. The molecule has 0 saturated carbocycles. The minimum atomic E-state index is 0.679. The summed E-state index contributed by atoms with van der Waals surface area (Å²) >= 11 is 0. The van der Waals surface area contributed by atoms with Crippen molar-refractivity contribution in [1.82, 2.24) is 15.0 Å². The summed E-state index contributed by atoms with van der Waals surface area (Å²) in [7, 11) is 1.97. The fourth-order valence-electron chi connectivity index (χ4n) is 1.63. The highest BCUT2D eigenvalue weighted by Gasteiger charge is 2.04. The molecular formula is C13H17N5. The van der Waals surface area contributed by atoms with Crippen LogP contribution in [0.1, 0.15) is 6.42 Å². The number of nitrogens with zero attached hydrogens (tertiary/aromatic N) is 4. The third-order valence-electron chi connectivity index (χ3n) is 2.67. The van der Waals surface area contributed by atoms with Crippen LogP contribution in [0, 0.1) is 0 Å². The van der Waals surface area contributed by atoms with Crippen molar-refractivity contribution >= 4 is 5.95 Å². The topological polar surface area (TPSA) is 67.9 Å². The standard InChI is InChI=1S/C13H17N5/c1-18(7-3-5-14)13-16-9-12(10-17-13)11-4-2-6-15-8-11/h2,4,6,8-10H,3,5,7,14H2,1H3. The molecule has 2 aromatic heterocycles. The van der Waals surface area contributed by atoms with E-state index in [0.29, 0.717) is 6.54 Å². The van der Waals surface area contributed by atoms with E-state index in [1.165, 1.54) is 0 Å². The van der Waals surface area contributed by atoms with Crippen LogP contribution in [0.15, 0.2) is 36.9 Å². The van der Waals surface area contributed by atoms with Crippen LogP contribution in [0.25, 0.3) is 11.1 Å². The van der Waals surface area contributed by atoms with Crippen LogP contribution in [0.2, 0.25) is 0 Å². The smallest absolute Gasteiger partial charge is 0.225 e. The average molecular weight is 243 g/mol. The molecule has 5 heteroatoms. The molecule has 0 aliphatic carbocycles. The monoisotopic (exact) mass is 243 g/mol. The van der Waals surface area contributed by atoms with Crippen molar-refractivity contribution in [3.63, 3.8) is 0 Å². The third-order valence-corrected chi connectivity index (χ3v) is 2.67. The van der Waals surface area contributed by atoms with Crippen molar-refractivity contribution in [2.24, 2.45) is 5.73 Å². The molecule has 2 heterocycles. The molecule has 2 rings (SSSR count). The van der Waals surface area contributed by atoms with Gasteiger partial charge in [-0.2, -0.15) is 0 Å². The summed E-state index contributed by atoms with van der Waals surface area (Å²) in [6.07, 6.45) is 8.12.